The molecule has 0 fully saturated rings. The molecule has 2 unspecified atom stereocenters. The summed E-state index contributed by atoms with van der Waals surface area (Å²) in [6.45, 7) is 9.36. The minimum absolute atomic E-state index is 0.198. The van der Waals surface area contributed by atoms with E-state index in [-0.39, 0.29) is 25.5 Å². The molecule has 1 aliphatic rings. The summed E-state index contributed by atoms with van der Waals surface area (Å²) in [5.41, 5.74) is 3.01. The van der Waals surface area contributed by atoms with Crippen LogP contribution in [0.5, 0.6) is 0 Å². The van der Waals surface area contributed by atoms with Crippen molar-refractivity contribution >= 4 is 45.8 Å². The van der Waals surface area contributed by atoms with E-state index < -0.39 is 29.7 Å². The van der Waals surface area contributed by atoms with Crippen molar-refractivity contribution in [3.8, 4) is 0 Å². The maximum atomic E-state index is 13.0. The van der Waals surface area contributed by atoms with Crippen LogP contribution in [-0.2, 0) is 23.8 Å². The number of thiazole rings is 1. The molecule has 0 amide bonds. The van der Waals surface area contributed by atoms with Gasteiger partial charge in [0.1, 0.15) is 5.92 Å². The molecule has 3 rings (SSSR count). The molecular weight excluding hydrogens is 470 g/mol. The Hall–Kier alpha value is -3.53. The molecule has 1 aliphatic heterocycles. The minimum atomic E-state index is -0.774. The Bertz CT molecular complexity index is 1170. The van der Waals surface area contributed by atoms with Crippen LogP contribution in [0.25, 0.3) is 0 Å². The van der Waals surface area contributed by atoms with Crippen LogP contribution in [0.4, 0.5) is 10.8 Å². The highest BCUT2D eigenvalue weighted by atomic mass is 32.1. The van der Waals surface area contributed by atoms with Gasteiger partial charge in [-0.3, -0.25) is 9.79 Å². The SMILES string of the molecule is CCOC(=O)C1=C(C)N=C(C)C(C(=O)OCC)C1c1cccc(Nc2nc(C(=O)OCC)cs2)c1. The molecule has 0 saturated carbocycles. The standard InChI is InChI=1S/C25H29N3O6S/c1-6-32-22(29)18-13-35-25(28-18)27-17-11-9-10-16(12-17)21-19(23(30)33-7-2)14(4)26-15(5)20(21)24(31)34-8-3/h9-13,19,21H,6-8H2,1-5H3,(H,27,28). The zero-order valence-corrected chi connectivity index (χ0v) is 21.2. The van der Waals surface area contributed by atoms with Gasteiger partial charge in [0.15, 0.2) is 10.8 Å². The van der Waals surface area contributed by atoms with Gasteiger partial charge in [0.25, 0.3) is 0 Å². The van der Waals surface area contributed by atoms with E-state index in [2.05, 4.69) is 15.3 Å². The smallest absolute Gasteiger partial charge is 0.357 e. The van der Waals surface area contributed by atoms with E-state index in [0.29, 0.717) is 33.4 Å². The molecule has 0 aliphatic carbocycles. The van der Waals surface area contributed by atoms with Gasteiger partial charge in [0, 0.05) is 28.4 Å². The predicted octanol–water partition coefficient (Wildman–Crippen LogP) is 4.64. The number of allylic oxidation sites excluding steroid dienone is 1. The topological polar surface area (TPSA) is 116 Å². The quantitative estimate of drug-likeness (QED) is 0.392. The maximum Gasteiger partial charge on any atom is 0.357 e. The Morgan fingerprint density at radius 2 is 1.69 bits per heavy atom. The van der Waals surface area contributed by atoms with E-state index >= 15 is 0 Å². The monoisotopic (exact) mass is 499 g/mol. The van der Waals surface area contributed by atoms with Crippen LogP contribution >= 0.6 is 11.3 Å². The molecule has 9 nitrogen and oxygen atoms in total. The summed E-state index contributed by atoms with van der Waals surface area (Å²) in [6.07, 6.45) is 0. The van der Waals surface area contributed by atoms with E-state index in [0.717, 1.165) is 0 Å². The van der Waals surface area contributed by atoms with Crippen molar-refractivity contribution in [2.45, 2.75) is 40.5 Å². The number of carbonyl (C=O) groups excluding carboxylic acids is 3. The van der Waals surface area contributed by atoms with E-state index in [4.69, 9.17) is 14.2 Å². The van der Waals surface area contributed by atoms with E-state index in [9.17, 15) is 14.4 Å². The van der Waals surface area contributed by atoms with Gasteiger partial charge >= 0.3 is 17.9 Å². The molecule has 0 radical (unpaired) electrons. The fraction of sp³-hybridized carbons (Fsp3) is 0.400. The van der Waals surface area contributed by atoms with E-state index in [1.165, 1.54) is 11.3 Å². The molecule has 1 aromatic heterocycles. The molecule has 35 heavy (non-hydrogen) atoms. The van der Waals surface area contributed by atoms with Crippen molar-refractivity contribution < 1.29 is 28.6 Å². The fourth-order valence-electron chi connectivity index (χ4n) is 3.97. The van der Waals surface area contributed by atoms with Gasteiger partial charge in [-0.2, -0.15) is 0 Å². The summed E-state index contributed by atoms with van der Waals surface area (Å²) >= 11 is 1.27. The van der Waals surface area contributed by atoms with Crippen LogP contribution in [0.2, 0.25) is 0 Å². The average molecular weight is 500 g/mol. The van der Waals surface area contributed by atoms with Gasteiger partial charge in [-0.05, 0) is 52.3 Å². The summed E-state index contributed by atoms with van der Waals surface area (Å²) in [6, 6.07) is 7.34. The summed E-state index contributed by atoms with van der Waals surface area (Å²) in [4.78, 5) is 46.6. The number of aromatic nitrogens is 1. The second kappa shape index (κ2) is 11.7. The third-order valence-electron chi connectivity index (χ3n) is 5.35. The Morgan fingerprint density at radius 1 is 1.00 bits per heavy atom. The second-order valence-electron chi connectivity index (χ2n) is 7.69. The molecule has 2 atom stereocenters. The number of hydrogen-bond donors (Lipinski definition) is 1. The molecule has 1 N–H and O–H groups in total. The molecule has 1 aromatic carbocycles. The Kier molecular flexibility index (Phi) is 8.75. The molecule has 0 spiro atoms. The van der Waals surface area contributed by atoms with Crippen molar-refractivity contribution in [3.63, 3.8) is 0 Å². The van der Waals surface area contributed by atoms with Crippen LogP contribution in [0.1, 0.15) is 56.6 Å². The highest BCUT2D eigenvalue weighted by Crippen LogP contribution is 2.41. The third-order valence-corrected chi connectivity index (χ3v) is 6.11. The molecule has 10 heteroatoms. The van der Waals surface area contributed by atoms with Gasteiger partial charge in [-0.1, -0.05) is 12.1 Å². The highest BCUT2D eigenvalue weighted by Gasteiger charge is 2.42. The first-order valence-electron chi connectivity index (χ1n) is 11.4. The number of aliphatic imine (C=N–C) groups is 1. The largest absolute Gasteiger partial charge is 0.465 e. The number of ether oxygens (including phenoxy) is 3. The molecule has 2 aromatic rings. The molecule has 186 valence electrons. The number of anilines is 2. The molecule has 2 heterocycles. The van der Waals surface area contributed by atoms with Crippen LogP contribution in [0.15, 0.2) is 45.9 Å². The number of rotatable bonds is 9. The lowest BCUT2D eigenvalue weighted by Gasteiger charge is -2.31. The summed E-state index contributed by atoms with van der Waals surface area (Å²) < 4.78 is 15.6. The highest BCUT2D eigenvalue weighted by molar-refractivity contribution is 7.14. The summed E-state index contributed by atoms with van der Waals surface area (Å²) in [5, 5.41) is 5.31. The maximum absolute atomic E-state index is 13.0. The number of nitrogens with one attached hydrogen (secondary N) is 1. The van der Waals surface area contributed by atoms with Gasteiger partial charge in [-0.15, -0.1) is 11.3 Å². The van der Waals surface area contributed by atoms with Gasteiger partial charge < -0.3 is 19.5 Å². The molecular formula is C25H29N3O6S. The van der Waals surface area contributed by atoms with Gasteiger partial charge in [0.2, 0.25) is 0 Å². The van der Waals surface area contributed by atoms with Crippen molar-refractivity contribution in [1.82, 2.24) is 4.98 Å². The van der Waals surface area contributed by atoms with E-state index in [1.54, 1.807) is 40.0 Å². The first-order chi connectivity index (χ1) is 16.8. The summed E-state index contributed by atoms with van der Waals surface area (Å²) in [5.74, 6) is -2.87. The van der Waals surface area contributed by atoms with E-state index in [1.807, 2.05) is 24.3 Å². The van der Waals surface area contributed by atoms with Crippen molar-refractivity contribution in [3.05, 3.63) is 52.2 Å². The number of esters is 3. The Labute approximate surface area is 208 Å². The van der Waals surface area contributed by atoms with Crippen LogP contribution < -0.4 is 5.32 Å². The lowest BCUT2D eigenvalue weighted by Crippen LogP contribution is -2.36. The van der Waals surface area contributed by atoms with Crippen LogP contribution in [-0.4, -0.2) is 48.4 Å². The minimum Gasteiger partial charge on any atom is -0.465 e. The van der Waals surface area contributed by atoms with Gasteiger partial charge in [0.05, 0.1) is 25.4 Å². The molecule has 0 bridgehead atoms. The lowest BCUT2D eigenvalue weighted by atomic mass is 9.75. The summed E-state index contributed by atoms with van der Waals surface area (Å²) in [7, 11) is 0. The zero-order valence-electron chi connectivity index (χ0n) is 20.4. The van der Waals surface area contributed by atoms with Crippen molar-refractivity contribution in [1.29, 1.82) is 0 Å². The number of carbonyl (C=O) groups is 3. The second-order valence-corrected chi connectivity index (χ2v) is 8.55. The van der Waals surface area contributed by atoms with Crippen LogP contribution in [0, 0.1) is 5.92 Å². The zero-order chi connectivity index (χ0) is 25.5. The van der Waals surface area contributed by atoms with Crippen molar-refractivity contribution in [2.75, 3.05) is 25.1 Å². The Morgan fingerprint density at radius 3 is 2.37 bits per heavy atom. The fourth-order valence-corrected chi connectivity index (χ4v) is 4.67. The number of nitrogens with zero attached hydrogens (tertiary/aromatic N) is 2. The lowest BCUT2D eigenvalue weighted by molar-refractivity contribution is -0.146. The normalized spacial score (nSPS) is 17.5. The number of benzene rings is 1. The number of hydrogen-bond acceptors (Lipinski definition) is 10. The molecule has 0 saturated heterocycles. The Balaban J connectivity index is 2.00. The first-order valence-corrected chi connectivity index (χ1v) is 12.3. The van der Waals surface area contributed by atoms with Gasteiger partial charge in [-0.25, -0.2) is 14.6 Å². The van der Waals surface area contributed by atoms with Crippen molar-refractivity contribution in [2.24, 2.45) is 10.9 Å². The first kappa shape index (κ1) is 26.1. The van der Waals surface area contributed by atoms with Crippen LogP contribution in [0.3, 0.4) is 0 Å². The third kappa shape index (κ3) is 5.94. The average Bonchev–Trinajstić information content (AvgIpc) is 3.27. The predicted molar refractivity (Wildman–Crippen MR) is 133 cm³/mol.